The molecule has 0 aromatic rings. The molecule has 19 heteroatoms. The van der Waals surface area contributed by atoms with Crippen molar-refractivity contribution in [1.29, 1.82) is 0 Å². The first-order valence-electron chi connectivity index (χ1n) is 40.5. The highest BCUT2D eigenvalue weighted by atomic mass is 31.2. The van der Waals surface area contributed by atoms with E-state index in [1.54, 1.807) is 0 Å². The number of hydrogen-bond donors (Lipinski definition) is 3. The number of rotatable bonds is 77. The van der Waals surface area contributed by atoms with Crippen LogP contribution in [-0.2, 0) is 65.4 Å². The average Bonchev–Trinajstić information content (AvgIpc) is 1.25. The van der Waals surface area contributed by atoms with E-state index in [9.17, 15) is 43.2 Å². The molecule has 3 N–H and O–H groups in total. The lowest BCUT2D eigenvalue weighted by Gasteiger charge is -2.21. The first-order chi connectivity index (χ1) is 48.7. The second-order valence-corrected chi connectivity index (χ2v) is 30.3. The molecule has 17 nitrogen and oxygen atoms in total. The zero-order valence-corrected chi connectivity index (χ0v) is 65.7. The molecule has 0 aliphatic heterocycles. The number of esters is 4. The van der Waals surface area contributed by atoms with E-state index in [0.29, 0.717) is 25.7 Å². The molecule has 100 heavy (non-hydrogen) atoms. The van der Waals surface area contributed by atoms with E-state index in [1.807, 2.05) is 0 Å². The lowest BCUT2D eigenvalue weighted by molar-refractivity contribution is -0.161. The van der Waals surface area contributed by atoms with Gasteiger partial charge in [-0.3, -0.25) is 37.3 Å². The molecule has 0 spiro atoms. The number of hydrogen-bond acceptors (Lipinski definition) is 15. The number of ether oxygens (including phenoxy) is 4. The van der Waals surface area contributed by atoms with Crippen molar-refractivity contribution in [1.82, 2.24) is 0 Å². The fraction of sp³-hybridized carbons (Fsp3) is 0.827. The van der Waals surface area contributed by atoms with Gasteiger partial charge in [0.1, 0.15) is 19.3 Å². The van der Waals surface area contributed by atoms with Crippen LogP contribution >= 0.6 is 15.6 Å². The number of aliphatic hydroxyl groups is 1. The van der Waals surface area contributed by atoms with Crippen LogP contribution in [0, 0.1) is 0 Å². The van der Waals surface area contributed by atoms with Gasteiger partial charge in [0.05, 0.1) is 26.4 Å². The molecule has 584 valence electrons. The highest BCUT2D eigenvalue weighted by Crippen LogP contribution is 2.45. The normalized spacial score (nSPS) is 14.2. The summed E-state index contributed by atoms with van der Waals surface area (Å²) in [5.74, 6) is -2.17. The smallest absolute Gasteiger partial charge is 0.462 e. The van der Waals surface area contributed by atoms with Gasteiger partial charge in [-0.15, -0.1) is 0 Å². The third kappa shape index (κ3) is 73.1. The van der Waals surface area contributed by atoms with Crippen LogP contribution < -0.4 is 0 Å². The van der Waals surface area contributed by atoms with Crippen LogP contribution in [0.15, 0.2) is 60.8 Å². The molecule has 0 radical (unpaired) electrons. The van der Waals surface area contributed by atoms with Gasteiger partial charge < -0.3 is 33.8 Å². The maximum Gasteiger partial charge on any atom is 0.472 e. The summed E-state index contributed by atoms with van der Waals surface area (Å²) < 4.78 is 68.6. The second kappa shape index (κ2) is 74.0. The third-order valence-electron chi connectivity index (χ3n) is 17.4. The SMILES string of the molecule is CCCCC/C=C\C/C=C\CCCCCCCC(=O)O[C@H](COC(=O)CCCCCCCCC/C=C\CCCCCC)COP(=O)(O)OCC(O)COP(=O)(O)OC[C@@H](COC(=O)CCCCCCCCC/C=C\CCCCCC)OC(=O)CCCCCCCCC/C=C\CCCCCC. The second-order valence-electron chi connectivity index (χ2n) is 27.3. The van der Waals surface area contributed by atoms with Gasteiger partial charge in [0.25, 0.3) is 0 Å². The Bertz CT molecular complexity index is 2130. The molecular formula is C81H148O17P2. The van der Waals surface area contributed by atoms with Crippen molar-refractivity contribution in [2.24, 2.45) is 0 Å². The van der Waals surface area contributed by atoms with Gasteiger partial charge in [-0.1, -0.05) is 275 Å². The fourth-order valence-corrected chi connectivity index (χ4v) is 12.8. The van der Waals surface area contributed by atoms with Gasteiger partial charge >= 0.3 is 39.5 Å². The van der Waals surface area contributed by atoms with Crippen molar-refractivity contribution in [2.45, 2.75) is 393 Å². The Morgan fingerprint density at radius 2 is 0.490 bits per heavy atom. The van der Waals surface area contributed by atoms with Gasteiger partial charge in [0.15, 0.2) is 12.2 Å². The van der Waals surface area contributed by atoms with Gasteiger partial charge in [-0.05, 0) is 135 Å². The zero-order chi connectivity index (χ0) is 73.2. The summed E-state index contributed by atoms with van der Waals surface area (Å²) in [4.78, 5) is 73.0. The molecule has 0 aliphatic rings. The number of phosphoric ester groups is 2. The van der Waals surface area contributed by atoms with Crippen molar-refractivity contribution in [2.75, 3.05) is 39.6 Å². The number of carbonyl (C=O) groups excluding carboxylic acids is 4. The van der Waals surface area contributed by atoms with E-state index in [-0.39, 0.29) is 25.7 Å². The Kier molecular flexibility index (Phi) is 71.6. The van der Waals surface area contributed by atoms with E-state index in [4.69, 9.17) is 37.0 Å². The summed E-state index contributed by atoms with van der Waals surface area (Å²) in [6.45, 7) is 4.86. The van der Waals surface area contributed by atoms with E-state index in [2.05, 4.69) is 88.5 Å². The lowest BCUT2D eigenvalue weighted by atomic mass is 10.1. The lowest BCUT2D eigenvalue weighted by Crippen LogP contribution is -2.30. The fourth-order valence-electron chi connectivity index (χ4n) is 11.2. The quantitative estimate of drug-likeness (QED) is 0.0169. The molecule has 0 heterocycles. The molecule has 0 rings (SSSR count). The molecule has 0 amide bonds. The average molecular weight is 1460 g/mol. The topological polar surface area (TPSA) is 237 Å². The minimum Gasteiger partial charge on any atom is -0.462 e. The van der Waals surface area contributed by atoms with Crippen LogP contribution in [0.5, 0.6) is 0 Å². The Hall–Kier alpha value is -3.24. The van der Waals surface area contributed by atoms with Crippen LogP contribution in [0.25, 0.3) is 0 Å². The summed E-state index contributed by atoms with van der Waals surface area (Å²) in [5.41, 5.74) is 0. The summed E-state index contributed by atoms with van der Waals surface area (Å²) in [6, 6.07) is 0. The summed E-state index contributed by atoms with van der Waals surface area (Å²) >= 11 is 0. The first-order valence-corrected chi connectivity index (χ1v) is 43.5. The van der Waals surface area contributed by atoms with Crippen molar-refractivity contribution in [3.05, 3.63) is 60.8 Å². The van der Waals surface area contributed by atoms with Gasteiger partial charge in [-0.2, -0.15) is 0 Å². The predicted octanol–water partition coefficient (Wildman–Crippen LogP) is 23.5. The Morgan fingerprint density at radius 1 is 0.280 bits per heavy atom. The predicted molar refractivity (Wildman–Crippen MR) is 409 cm³/mol. The third-order valence-corrected chi connectivity index (χ3v) is 19.3. The summed E-state index contributed by atoms with van der Waals surface area (Å²) in [6.07, 6.45) is 73.3. The molecule has 0 fully saturated rings. The first kappa shape index (κ1) is 96.8. The molecule has 0 saturated heterocycles. The number of unbranched alkanes of at least 4 members (excludes halogenated alkanes) is 41. The highest BCUT2D eigenvalue weighted by molar-refractivity contribution is 7.47. The van der Waals surface area contributed by atoms with Crippen LogP contribution in [0.3, 0.4) is 0 Å². The molecule has 0 aromatic carbocycles. The maximum atomic E-state index is 13.1. The van der Waals surface area contributed by atoms with Gasteiger partial charge in [0.2, 0.25) is 0 Å². The van der Waals surface area contributed by atoms with Crippen molar-refractivity contribution in [3.8, 4) is 0 Å². The van der Waals surface area contributed by atoms with Gasteiger partial charge in [0, 0.05) is 25.7 Å². The molecular weight excluding hydrogens is 1310 g/mol. The Labute approximate surface area is 610 Å². The minimum absolute atomic E-state index is 0.0821. The standard InChI is InChI=1S/C81H148O17P2/c1-5-9-13-17-21-25-29-33-37-41-45-49-53-57-61-65-78(83)91-71-76(97-80(85)67-63-59-55-51-47-43-39-35-31-27-23-19-15-11-7-3)73-95-99(87,88)93-69-75(82)70-94-100(89,90)96-74-77(98-81(86)68-64-60-56-52-48-44-40-36-32-28-24-20-16-12-8-4)72-92-79(84)66-62-58-54-50-46-42-38-34-30-26-22-18-14-10-6-2/h23,25-30,32,35,39,75-77,82H,5-22,24,31,33-34,36-38,40-74H2,1-4H3,(H,87,88)(H,89,90)/b27-23-,29-25-,30-26-,32-28-,39-35-/t75?,76-,77-/m1/s1. The van der Waals surface area contributed by atoms with Gasteiger partial charge in [-0.25, -0.2) is 9.13 Å². The van der Waals surface area contributed by atoms with Crippen LogP contribution in [0.2, 0.25) is 0 Å². The maximum absolute atomic E-state index is 13.1. The monoisotopic (exact) mass is 1460 g/mol. The van der Waals surface area contributed by atoms with E-state index in [1.165, 1.54) is 122 Å². The van der Waals surface area contributed by atoms with Crippen LogP contribution in [0.1, 0.15) is 374 Å². The molecule has 0 saturated carbocycles. The Morgan fingerprint density at radius 3 is 0.770 bits per heavy atom. The number of aliphatic hydroxyl groups excluding tert-OH is 1. The van der Waals surface area contributed by atoms with Crippen molar-refractivity contribution < 1.29 is 80.2 Å². The molecule has 5 atom stereocenters. The molecule has 0 aliphatic carbocycles. The van der Waals surface area contributed by atoms with E-state index in [0.717, 1.165) is 173 Å². The van der Waals surface area contributed by atoms with Crippen molar-refractivity contribution >= 4 is 39.5 Å². The molecule has 0 bridgehead atoms. The summed E-state index contributed by atoms with van der Waals surface area (Å²) in [7, 11) is -9.95. The zero-order valence-electron chi connectivity index (χ0n) is 63.9. The van der Waals surface area contributed by atoms with Crippen LogP contribution in [-0.4, -0.2) is 96.7 Å². The van der Waals surface area contributed by atoms with Crippen molar-refractivity contribution in [3.63, 3.8) is 0 Å². The summed E-state index contributed by atoms with van der Waals surface area (Å²) in [5, 5.41) is 10.6. The van der Waals surface area contributed by atoms with E-state index < -0.39 is 97.5 Å². The Balaban J connectivity index is 5.34. The number of phosphoric acid groups is 2. The van der Waals surface area contributed by atoms with E-state index >= 15 is 0 Å². The highest BCUT2D eigenvalue weighted by Gasteiger charge is 2.30. The number of carbonyl (C=O) groups is 4. The minimum atomic E-state index is -4.97. The van der Waals surface area contributed by atoms with Crippen LogP contribution in [0.4, 0.5) is 0 Å². The number of allylic oxidation sites excluding steroid dienone is 10. The molecule has 0 aromatic heterocycles. The largest absolute Gasteiger partial charge is 0.472 e. The molecule has 3 unspecified atom stereocenters.